The molecule has 0 bridgehead atoms. The highest BCUT2D eigenvalue weighted by molar-refractivity contribution is 8.15. The Hall–Kier alpha value is -3.00. The molecule has 1 fully saturated rings. The number of carbonyl (C=O) groups excluding carboxylic acids is 2. The molecule has 4 nitrogen and oxygen atoms in total. The molecule has 5 rings (SSSR count). The number of fused-ring (bicyclic) bond motifs is 2. The number of halogens is 3. The zero-order valence-electron chi connectivity index (χ0n) is 16.7. The maximum absolute atomic E-state index is 13.4. The van der Waals surface area contributed by atoms with Gasteiger partial charge in [0.1, 0.15) is 16.7 Å². The van der Waals surface area contributed by atoms with Crippen molar-refractivity contribution in [3.05, 3.63) is 71.3 Å². The van der Waals surface area contributed by atoms with Crippen molar-refractivity contribution in [3.63, 3.8) is 0 Å². The second-order valence-corrected chi connectivity index (χ2v) is 9.05. The molecule has 1 unspecified atom stereocenters. The van der Waals surface area contributed by atoms with Gasteiger partial charge in [0.2, 0.25) is 5.91 Å². The van der Waals surface area contributed by atoms with Crippen LogP contribution >= 0.6 is 11.8 Å². The predicted molar refractivity (Wildman–Crippen MR) is 116 cm³/mol. The molecule has 0 saturated carbocycles. The summed E-state index contributed by atoms with van der Waals surface area (Å²) in [5, 5.41) is 2.07. The highest BCUT2D eigenvalue weighted by atomic mass is 32.2. The zero-order valence-corrected chi connectivity index (χ0v) is 17.6. The van der Waals surface area contributed by atoms with Gasteiger partial charge in [-0.1, -0.05) is 42.1 Å². The van der Waals surface area contributed by atoms with Gasteiger partial charge in [0.05, 0.1) is 5.56 Å². The van der Waals surface area contributed by atoms with Crippen molar-refractivity contribution in [1.29, 1.82) is 0 Å². The molecule has 1 aliphatic carbocycles. The number of ether oxygens (including phenoxy) is 1. The lowest BCUT2D eigenvalue weighted by atomic mass is 9.80. The number of benzene rings is 3. The van der Waals surface area contributed by atoms with Crippen LogP contribution < -0.4 is 10.1 Å². The van der Waals surface area contributed by atoms with E-state index >= 15 is 0 Å². The Morgan fingerprint density at radius 2 is 1.78 bits per heavy atom. The minimum absolute atomic E-state index is 0.0591. The van der Waals surface area contributed by atoms with E-state index in [0.717, 1.165) is 48.2 Å². The van der Waals surface area contributed by atoms with Crippen LogP contribution in [-0.4, -0.2) is 16.4 Å². The Labute approximate surface area is 186 Å². The highest BCUT2D eigenvalue weighted by Gasteiger charge is 2.40. The topological polar surface area (TPSA) is 55.4 Å². The number of hydrogen-bond acceptors (Lipinski definition) is 4. The third-order valence-electron chi connectivity index (χ3n) is 5.98. The number of alkyl halides is 3. The first-order valence-corrected chi connectivity index (χ1v) is 11.1. The summed E-state index contributed by atoms with van der Waals surface area (Å²) in [6.07, 6.45) is -1.95. The smallest absolute Gasteiger partial charge is 0.417 e. The van der Waals surface area contributed by atoms with Crippen molar-refractivity contribution < 1.29 is 27.5 Å². The fraction of sp³-hybridized carbons (Fsp3) is 0.250. The van der Waals surface area contributed by atoms with Gasteiger partial charge in [-0.15, -0.1) is 0 Å². The molecule has 8 heteroatoms. The summed E-state index contributed by atoms with van der Waals surface area (Å²) < 4.78 is 46.2. The van der Waals surface area contributed by atoms with E-state index in [1.165, 1.54) is 12.1 Å². The summed E-state index contributed by atoms with van der Waals surface area (Å²) in [5.41, 5.74) is 1.35. The quantitative estimate of drug-likeness (QED) is 0.493. The van der Waals surface area contributed by atoms with Crippen molar-refractivity contribution >= 4 is 33.7 Å². The highest BCUT2D eigenvalue weighted by Crippen LogP contribution is 2.43. The van der Waals surface area contributed by atoms with E-state index < -0.39 is 17.0 Å². The minimum atomic E-state index is -4.45. The van der Waals surface area contributed by atoms with Crippen LogP contribution in [0.4, 0.5) is 18.0 Å². The Kier molecular flexibility index (Phi) is 5.12. The second-order valence-electron chi connectivity index (χ2n) is 7.93. The molecule has 1 N–H and O–H groups in total. The molecular weight excluding hydrogens is 439 g/mol. The zero-order chi connectivity index (χ0) is 22.5. The monoisotopic (exact) mass is 457 g/mol. The van der Waals surface area contributed by atoms with Gasteiger partial charge in [0.25, 0.3) is 5.24 Å². The average Bonchev–Trinajstić information content (AvgIpc) is 3.10. The number of aryl methyl sites for hydroxylation is 1. The van der Waals surface area contributed by atoms with Crippen molar-refractivity contribution in [1.82, 2.24) is 5.32 Å². The van der Waals surface area contributed by atoms with Crippen LogP contribution in [0.2, 0.25) is 0 Å². The van der Waals surface area contributed by atoms with Crippen LogP contribution in [0.25, 0.3) is 10.8 Å². The number of imide groups is 1. The van der Waals surface area contributed by atoms with Crippen LogP contribution in [0.1, 0.15) is 35.4 Å². The molecule has 0 radical (unpaired) electrons. The lowest BCUT2D eigenvalue weighted by Gasteiger charge is -2.28. The van der Waals surface area contributed by atoms with Crippen molar-refractivity contribution in [2.24, 2.45) is 0 Å². The van der Waals surface area contributed by atoms with Gasteiger partial charge in [-0.3, -0.25) is 14.9 Å². The minimum Gasteiger partial charge on any atom is -0.457 e. The van der Waals surface area contributed by atoms with Crippen molar-refractivity contribution in [3.8, 4) is 11.5 Å². The summed E-state index contributed by atoms with van der Waals surface area (Å²) >= 11 is 1.03. The molecule has 32 heavy (non-hydrogen) atoms. The van der Waals surface area contributed by atoms with Gasteiger partial charge in [-0.25, -0.2) is 0 Å². The molecule has 1 aliphatic heterocycles. The number of hydrogen-bond donors (Lipinski definition) is 1. The van der Waals surface area contributed by atoms with E-state index in [1.54, 1.807) is 24.3 Å². The van der Waals surface area contributed by atoms with E-state index in [2.05, 4.69) is 5.32 Å². The van der Waals surface area contributed by atoms with Crippen LogP contribution in [0.3, 0.4) is 0 Å². The van der Waals surface area contributed by atoms with E-state index in [-0.39, 0.29) is 22.5 Å². The van der Waals surface area contributed by atoms with Crippen LogP contribution in [0.5, 0.6) is 11.5 Å². The summed E-state index contributed by atoms with van der Waals surface area (Å²) in [7, 11) is 0. The molecule has 0 spiro atoms. The van der Waals surface area contributed by atoms with Crippen molar-refractivity contribution in [2.75, 3.05) is 0 Å². The molecule has 2 atom stereocenters. The maximum Gasteiger partial charge on any atom is 0.417 e. The van der Waals surface area contributed by atoms with Crippen LogP contribution in [0.15, 0.2) is 54.6 Å². The first-order chi connectivity index (χ1) is 15.3. The molecule has 3 aromatic carbocycles. The SMILES string of the molecule is O=C1NC(=O)C([C@@H]2CCCc3cc(Oc4ccc(C(F)(F)F)c5ccccc45)ccc32)S1. The normalized spacial score (nSPS) is 20.8. The van der Waals surface area contributed by atoms with E-state index in [0.29, 0.717) is 16.9 Å². The van der Waals surface area contributed by atoms with E-state index in [1.807, 2.05) is 12.1 Å². The van der Waals surface area contributed by atoms with Gasteiger partial charge in [-0.2, -0.15) is 13.2 Å². The van der Waals surface area contributed by atoms with E-state index in [4.69, 9.17) is 4.74 Å². The molecule has 3 aromatic rings. The van der Waals surface area contributed by atoms with Gasteiger partial charge < -0.3 is 4.74 Å². The lowest BCUT2D eigenvalue weighted by molar-refractivity contribution is -0.136. The molecule has 2 amide bonds. The number of carbonyl (C=O) groups is 2. The van der Waals surface area contributed by atoms with Gasteiger partial charge in [0.15, 0.2) is 0 Å². The number of rotatable bonds is 3. The number of amides is 2. The first-order valence-electron chi connectivity index (χ1n) is 10.2. The molecule has 2 aliphatic rings. The third-order valence-corrected chi connectivity index (χ3v) is 7.09. The van der Waals surface area contributed by atoms with Gasteiger partial charge in [-0.05, 0) is 60.0 Å². The third kappa shape index (κ3) is 3.72. The average molecular weight is 457 g/mol. The predicted octanol–water partition coefficient (Wildman–Crippen LogP) is 6.42. The summed E-state index contributed by atoms with van der Waals surface area (Å²) in [4.78, 5) is 23.8. The summed E-state index contributed by atoms with van der Waals surface area (Å²) in [6.45, 7) is 0. The van der Waals surface area contributed by atoms with Crippen molar-refractivity contribution in [2.45, 2.75) is 36.6 Å². The number of thioether (sulfide) groups is 1. The summed E-state index contributed by atoms with van der Waals surface area (Å²) in [5.74, 6) is 0.552. The Bertz CT molecular complexity index is 1240. The first kappa shape index (κ1) is 20.9. The standard InChI is InChI=1S/C24H18F3NO3S/c25-24(26,27)19-10-11-20(17-6-2-1-5-16(17)19)31-14-8-9-15-13(12-14)4-3-7-18(15)21-22(29)28-23(30)32-21/h1-2,5-6,8-12,18,21H,3-4,7H2,(H,28,29,30)/t18-,21?/m1/s1. The molecule has 164 valence electrons. The Morgan fingerprint density at radius 3 is 2.50 bits per heavy atom. The maximum atomic E-state index is 13.4. The largest absolute Gasteiger partial charge is 0.457 e. The Morgan fingerprint density at radius 1 is 1.00 bits per heavy atom. The number of nitrogens with one attached hydrogen (secondary N) is 1. The second kappa shape index (κ2) is 7.85. The molecule has 1 saturated heterocycles. The van der Waals surface area contributed by atoms with Crippen LogP contribution in [0, 0.1) is 0 Å². The van der Waals surface area contributed by atoms with Gasteiger partial charge >= 0.3 is 6.18 Å². The van der Waals surface area contributed by atoms with E-state index in [9.17, 15) is 22.8 Å². The Balaban J connectivity index is 1.47. The fourth-order valence-electron chi connectivity index (χ4n) is 4.58. The van der Waals surface area contributed by atoms with Gasteiger partial charge in [0, 0.05) is 11.3 Å². The fourth-order valence-corrected chi connectivity index (χ4v) is 5.58. The molecular formula is C24H18F3NO3S. The molecule has 0 aromatic heterocycles. The van der Waals surface area contributed by atoms with Crippen LogP contribution in [-0.2, 0) is 17.4 Å². The molecule has 1 heterocycles. The summed E-state index contributed by atoms with van der Waals surface area (Å²) in [6, 6.07) is 14.2. The lowest BCUT2D eigenvalue weighted by Crippen LogP contribution is -2.30.